The fourth-order valence-corrected chi connectivity index (χ4v) is 2.76. The van der Waals surface area contributed by atoms with E-state index in [1.165, 1.54) is 32.7 Å². The lowest BCUT2D eigenvalue weighted by Gasteiger charge is -2.03. The molecule has 0 aromatic carbocycles. The van der Waals surface area contributed by atoms with E-state index in [-0.39, 0.29) is 15.4 Å². The van der Waals surface area contributed by atoms with E-state index < -0.39 is 5.91 Å². The minimum absolute atomic E-state index is 0.224. The van der Waals surface area contributed by atoms with Crippen LogP contribution in [0.2, 0.25) is 5.02 Å². The number of hydrogen-bond acceptors (Lipinski definition) is 7. The molecule has 3 aromatic heterocycles. The Balaban J connectivity index is 2.10. The topological polar surface area (TPSA) is 91.0 Å². The third kappa shape index (κ3) is 3.01. The number of aromatic nitrogens is 4. The van der Waals surface area contributed by atoms with E-state index in [9.17, 15) is 4.79 Å². The van der Waals surface area contributed by atoms with Gasteiger partial charge in [0.1, 0.15) is 0 Å². The van der Waals surface area contributed by atoms with Gasteiger partial charge in [-0.2, -0.15) is 18.8 Å². The average molecular weight is 352 g/mol. The summed E-state index contributed by atoms with van der Waals surface area (Å²) in [5.41, 5.74) is 0.253. The number of nitrogens with zero attached hydrogens (tertiary/aromatic N) is 5. The molecule has 0 saturated carbocycles. The van der Waals surface area contributed by atoms with Crippen LogP contribution in [0.4, 0.5) is 0 Å². The largest absolute Gasteiger partial charge is 0.481 e. The quantitative estimate of drug-likeness (QED) is 0.711. The highest BCUT2D eigenvalue weighted by Gasteiger charge is 2.12. The molecule has 0 spiro atoms. The standard InChI is InChI=1S/C13H10ClN5O3S/c1-21-9-5-10(22-2)19-12(16-9)18-13(23-19)17-11(20)7-3-4-15-6-8(7)14/h3-6H,1-2H3. The van der Waals surface area contributed by atoms with Crippen molar-refractivity contribution in [2.75, 3.05) is 14.2 Å². The summed E-state index contributed by atoms with van der Waals surface area (Å²) >= 11 is 7.05. The second-order valence-electron chi connectivity index (χ2n) is 4.19. The first-order valence-corrected chi connectivity index (χ1v) is 7.45. The Morgan fingerprint density at radius 1 is 1.35 bits per heavy atom. The van der Waals surface area contributed by atoms with Crippen molar-refractivity contribution in [3.8, 4) is 11.8 Å². The van der Waals surface area contributed by atoms with E-state index in [4.69, 9.17) is 21.1 Å². The molecule has 1 amide bonds. The summed E-state index contributed by atoms with van der Waals surface area (Å²) in [6, 6.07) is 3.10. The van der Waals surface area contributed by atoms with Gasteiger partial charge in [-0.05, 0) is 17.6 Å². The first-order chi connectivity index (χ1) is 11.1. The molecule has 0 aliphatic heterocycles. The van der Waals surface area contributed by atoms with E-state index in [1.54, 1.807) is 9.86 Å². The van der Waals surface area contributed by atoms with E-state index in [0.717, 1.165) is 11.5 Å². The second-order valence-corrected chi connectivity index (χ2v) is 5.51. The lowest BCUT2D eigenvalue weighted by atomic mass is 10.2. The predicted octanol–water partition coefficient (Wildman–Crippen LogP) is 1.60. The smallest absolute Gasteiger partial charge is 0.281 e. The lowest BCUT2D eigenvalue weighted by molar-refractivity contribution is 0.0998. The SMILES string of the molecule is COc1cc(OC)n2sc(=NC(=O)c3ccncc3Cl)nc2n1. The molecule has 0 fully saturated rings. The molecule has 3 heterocycles. The number of carbonyl (C=O) groups excluding carboxylic acids is 1. The number of hydrogen-bond donors (Lipinski definition) is 0. The van der Waals surface area contributed by atoms with Crippen LogP contribution in [0.5, 0.6) is 11.8 Å². The van der Waals surface area contributed by atoms with Crippen molar-refractivity contribution in [2.45, 2.75) is 0 Å². The summed E-state index contributed by atoms with van der Waals surface area (Å²) in [5.74, 6) is 0.629. The van der Waals surface area contributed by atoms with Crippen LogP contribution in [0.25, 0.3) is 5.78 Å². The van der Waals surface area contributed by atoms with Crippen molar-refractivity contribution in [2.24, 2.45) is 4.99 Å². The van der Waals surface area contributed by atoms with Crippen molar-refractivity contribution >= 4 is 34.8 Å². The first-order valence-electron chi connectivity index (χ1n) is 6.30. The van der Waals surface area contributed by atoms with Crippen molar-refractivity contribution in [3.05, 3.63) is 39.9 Å². The van der Waals surface area contributed by atoms with Gasteiger partial charge < -0.3 is 9.47 Å². The van der Waals surface area contributed by atoms with Gasteiger partial charge in [0, 0.05) is 12.4 Å². The van der Waals surface area contributed by atoms with Gasteiger partial charge in [0.2, 0.25) is 16.6 Å². The van der Waals surface area contributed by atoms with Crippen LogP contribution in [-0.4, -0.2) is 38.9 Å². The fraction of sp³-hybridized carbons (Fsp3) is 0.154. The summed E-state index contributed by atoms with van der Waals surface area (Å²) in [6.45, 7) is 0. The highest BCUT2D eigenvalue weighted by Crippen LogP contribution is 2.19. The number of fused-ring (bicyclic) bond motifs is 1. The van der Waals surface area contributed by atoms with Crippen LogP contribution in [-0.2, 0) is 0 Å². The van der Waals surface area contributed by atoms with E-state index in [0.29, 0.717) is 17.5 Å². The summed E-state index contributed by atoms with van der Waals surface area (Å²) in [4.78, 5) is 28.6. The van der Waals surface area contributed by atoms with Crippen LogP contribution < -0.4 is 14.3 Å². The molecule has 0 bridgehead atoms. The zero-order valence-corrected chi connectivity index (χ0v) is 13.6. The van der Waals surface area contributed by atoms with Gasteiger partial charge in [-0.3, -0.25) is 9.78 Å². The Hall–Kier alpha value is -2.52. The van der Waals surface area contributed by atoms with Gasteiger partial charge in [-0.15, -0.1) is 0 Å². The fourth-order valence-electron chi connectivity index (χ4n) is 1.77. The minimum Gasteiger partial charge on any atom is -0.481 e. The highest BCUT2D eigenvalue weighted by atomic mass is 35.5. The molecule has 118 valence electrons. The maximum Gasteiger partial charge on any atom is 0.281 e. The average Bonchev–Trinajstić information content (AvgIpc) is 2.96. The Labute approximate surface area is 139 Å². The summed E-state index contributed by atoms with van der Waals surface area (Å²) < 4.78 is 11.9. The maximum absolute atomic E-state index is 12.2. The van der Waals surface area contributed by atoms with Crippen LogP contribution in [0, 0.1) is 0 Å². The Morgan fingerprint density at radius 2 is 2.17 bits per heavy atom. The molecule has 0 N–H and O–H groups in total. The van der Waals surface area contributed by atoms with Gasteiger partial charge in [0.15, 0.2) is 0 Å². The summed E-state index contributed by atoms with van der Waals surface area (Å²) in [6.07, 6.45) is 2.85. The van der Waals surface area contributed by atoms with E-state index >= 15 is 0 Å². The zero-order chi connectivity index (χ0) is 16.4. The zero-order valence-electron chi connectivity index (χ0n) is 12.1. The molecule has 3 rings (SSSR count). The Morgan fingerprint density at radius 3 is 2.87 bits per heavy atom. The molecule has 0 aliphatic rings. The summed E-state index contributed by atoms with van der Waals surface area (Å²) in [7, 11) is 3.00. The molecular weight excluding hydrogens is 342 g/mol. The van der Waals surface area contributed by atoms with Gasteiger partial charge >= 0.3 is 0 Å². The van der Waals surface area contributed by atoms with Crippen molar-refractivity contribution in [1.82, 2.24) is 18.7 Å². The molecular formula is C13H10ClN5O3S. The Kier molecular flexibility index (Phi) is 4.22. The van der Waals surface area contributed by atoms with Crippen molar-refractivity contribution in [1.29, 1.82) is 0 Å². The number of halogens is 1. The number of methoxy groups -OCH3 is 2. The third-order valence-electron chi connectivity index (χ3n) is 2.83. The monoisotopic (exact) mass is 351 g/mol. The van der Waals surface area contributed by atoms with E-state index in [1.807, 2.05) is 0 Å². The number of pyridine rings is 1. The molecule has 23 heavy (non-hydrogen) atoms. The second kappa shape index (κ2) is 6.31. The van der Waals surface area contributed by atoms with Crippen molar-refractivity contribution < 1.29 is 14.3 Å². The number of amides is 1. The first kappa shape index (κ1) is 15.4. The molecule has 8 nitrogen and oxygen atoms in total. The molecule has 0 aliphatic carbocycles. The number of carbonyl (C=O) groups is 1. The summed E-state index contributed by atoms with van der Waals surface area (Å²) in [5, 5.41) is 0.229. The van der Waals surface area contributed by atoms with Crippen LogP contribution in [0.15, 0.2) is 29.5 Å². The van der Waals surface area contributed by atoms with Crippen molar-refractivity contribution in [3.63, 3.8) is 0 Å². The van der Waals surface area contributed by atoms with Crippen LogP contribution in [0.1, 0.15) is 10.4 Å². The number of rotatable bonds is 3. The van der Waals surface area contributed by atoms with Gasteiger partial charge in [-0.1, -0.05) is 11.6 Å². The Bertz CT molecular complexity index is 952. The highest BCUT2D eigenvalue weighted by molar-refractivity contribution is 7.03. The van der Waals surface area contributed by atoms with Crippen LogP contribution >= 0.6 is 23.1 Å². The molecule has 0 radical (unpaired) electrons. The molecule has 0 saturated heterocycles. The predicted molar refractivity (Wildman–Crippen MR) is 83.1 cm³/mol. The third-order valence-corrected chi connectivity index (χ3v) is 4.00. The van der Waals surface area contributed by atoms with E-state index in [2.05, 4.69) is 19.9 Å². The van der Waals surface area contributed by atoms with Gasteiger partial charge in [0.05, 0.1) is 30.9 Å². The minimum atomic E-state index is -0.511. The van der Waals surface area contributed by atoms with Crippen LogP contribution in [0.3, 0.4) is 0 Å². The normalized spacial score (nSPS) is 11.7. The molecule has 3 aromatic rings. The molecule has 10 heteroatoms. The lowest BCUT2D eigenvalue weighted by Crippen LogP contribution is -2.05. The molecule has 0 unspecified atom stereocenters. The van der Waals surface area contributed by atoms with Gasteiger partial charge in [0.25, 0.3) is 11.7 Å². The van der Waals surface area contributed by atoms with Gasteiger partial charge in [-0.25, -0.2) is 0 Å². The number of ether oxygens (including phenoxy) is 2. The molecule has 0 atom stereocenters. The maximum atomic E-state index is 12.2.